The maximum absolute atomic E-state index is 12.3. The van der Waals surface area contributed by atoms with Gasteiger partial charge in [-0.15, -0.1) is 0 Å². The molecule has 2 rings (SSSR count). The van der Waals surface area contributed by atoms with Gasteiger partial charge in [-0.2, -0.15) is 0 Å². The molecule has 2 aliphatic rings. The summed E-state index contributed by atoms with van der Waals surface area (Å²) in [5, 5.41) is 0. The van der Waals surface area contributed by atoms with Gasteiger partial charge in [0.2, 0.25) is 0 Å². The van der Waals surface area contributed by atoms with Crippen LogP contribution in [0.2, 0.25) is 0 Å². The van der Waals surface area contributed by atoms with E-state index in [1.807, 2.05) is 6.92 Å². The Morgan fingerprint density at radius 2 is 2.11 bits per heavy atom. The standard InChI is InChI=1S/C14H19BrO3/c1-2-18-13(16)14(7-9-17-10-8-14)11-3-5-12(15)6-4-11/h3,5H,2,4,6-10H2,1H3. The van der Waals surface area contributed by atoms with Crippen LogP contribution in [0.5, 0.6) is 0 Å². The summed E-state index contributed by atoms with van der Waals surface area (Å²) >= 11 is 3.50. The number of carbonyl (C=O) groups is 1. The van der Waals surface area contributed by atoms with Crippen molar-refractivity contribution in [3.8, 4) is 0 Å². The Hall–Kier alpha value is -0.610. The van der Waals surface area contributed by atoms with Crippen molar-refractivity contribution in [2.24, 2.45) is 5.41 Å². The number of hydrogen-bond donors (Lipinski definition) is 0. The van der Waals surface area contributed by atoms with Crippen molar-refractivity contribution in [2.45, 2.75) is 32.6 Å². The van der Waals surface area contributed by atoms with Crippen LogP contribution in [0.1, 0.15) is 32.6 Å². The third kappa shape index (κ3) is 2.69. The van der Waals surface area contributed by atoms with Gasteiger partial charge in [0.1, 0.15) is 0 Å². The molecule has 0 atom stereocenters. The molecule has 0 aromatic rings. The largest absolute Gasteiger partial charge is 0.465 e. The second-order valence-electron chi connectivity index (χ2n) is 4.72. The summed E-state index contributed by atoms with van der Waals surface area (Å²) in [7, 11) is 0. The maximum Gasteiger partial charge on any atom is 0.316 e. The molecule has 1 heterocycles. The quantitative estimate of drug-likeness (QED) is 0.749. The Morgan fingerprint density at radius 1 is 1.39 bits per heavy atom. The number of rotatable bonds is 3. The molecule has 1 fully saturated rings. The van der Waals surface area contributed by atoms with E-state index in [2.05, 4.69) is 28.1 Å². The van der Waals surface area contributed by atoms with Crippen molar-refractivity contribution in [3.05, 3.63) is 22.2 Å². The van der Waals surface area contributed by atoms with E-state index in [0.717, 1.165) is 25.7 Å². The first-order chi connectivity index (χ1) is 8.69. The number of halogens is 1. The Bertz CT molecular complexity index is 379. The summed E-state index contributed by atoms with van der Waals surface area (Å²) in [5.74, 6) is -0.0778. The molecule has 0 aromatic carbocycles. The Morgan fingerprint density at radius 3 is 2.67 bits per heavy atom. The van der Waals surface area contributed by atoms with E-state index in [1.54, 1.807) is 0 Å². The van der Waals surface area contributed by atoms with Crippen LogP contribution in [0.4, 0.5) is 0 Å². The van der Waals surface area contributed by atoms with Crippen LogP contribution in [0, 0.1) is 5.41 Å². The third-order valence-corrected chi connectivity index (χ3v) is 4.39. The van der Waals surface area contributed by atoms with Crippen LogP contribution in [-0.4, -0.2) is 25.8 Å². The van der Waals surface area contributed by atoms with Gasteiger partial charge in [-0.3, -0.25) is 4.79 Å². The lowest BCUT2D eigenvalue weighted by Crippen LogP contribution is -2.40. The van der Waals surface area contributed by atoms with Gasteiger partial charge < -0.3 is 9.47 Å². The third-order valence-electron chi connectivity index (χ3n) is 3.73. The van der Waals surface area contributed by atoms with E-state index < -0.39 is 5.41 Å². The monoisotopic (exact) mass is 314 g/mol. The predicted octanol–water partition coefficient (Wildman–Crippen LogP) is 3.35. The fraction of sp³-hybridized carbons (Fsp3) is 0.643. The molecule has 0 amide bonds. The van der Waals surface area contributed by atoms with E-state index >= 15 is 0 Å². The average molecular weight is 315 g/mol. The number of hydrogen-bond acceptors (Lipinski definition) is 3. The number of carbonyl (C=O) groups excluding carboxylic acids is 1. The average Bonchev–Trinajstić information content (AvgIpc) is 2.40. The molecule has 0 N–H and O–H groups in total. The second kappa shape index (κ2) is 6.02. The lowest BCUT2D eigenvalue weighted by Gasteiger charge is -2.37. The molecule has 0 unspecified atom stereocenters. The zero-order valence-corrected chi connectivity index (χ0v) is 12.3. The molecule has 0 saturated carbocycles. The molecule has 4 heteroatoms. The van der Waals surface area contributed by atoms with Crippen molar-refractivity contribution in [1.82, 2.24) is 0 Å². The molecular formula is C14H19BrO3. The van der Waals surface area contributed by atoms with Crippen LogP contribution in [0.25, 0.3) is 0 Å². The van der Waals surface area contributed by atoms with Crippen LogP contribution < -0.4 is 0 Å². The summed E-state index contributed by atoms with van der Waals surface area (Å²) in [6.07, 6.45) is 7.50. The van der Waals surface area contributed by atoms with Gasteiger partial charge in [-0.25, -0.2) is 0 Å². The highest BCUT2D eigenvalue weighted by Crippen LogP contribution is 2.43. The van der Waals surface area contributed by atoms with Gasteiger partial charge in [0.25, 0.3) is 0 Å². The fourth-order valence-corrected chi connectivity index (χ4v) is 2.99. The van der Waals surface area contributed by atoms with Crippen molar-refractivity contribution in [3.63, 3.8) is 0 Å². The van der Waals surface area contributed by atoms with Crippen LogP contribution >= 0.6 is 15.9 Å². The normalized spacial score (nSPS) is 23.0. The molecule has 0 bridgehead atoms. The minimum atomic E-state index is -0.446. The predicted molar refractivity (Wildman–Crippen MR) is 73.4 cm³/mol. The molecule has 1 saturated heterocycles. The van der Waals surface area contributed by atoms with E-state index in [-0.39, 0.29) is 5.97 Å². The van der Waals surface area contributed by atoms with Crippen molar-refractivity contribution in [1.29, 1.82) is 0 Å². The summed E-state index contributed by atoms with van der Waals surface area (Å²) in [6, 6.07) is 0. The van der Waals surface area contributed by atoms with Crippen molar-refractivity contribution < 1.29 is 14.3 Å². The van der Waals surface area contributed by atoms with E-state index in [4.69, 9.17) is 9.47 Å². The first kappa shape index (κ1) is 13.8. The SMILES string of the molecule is CCOC(=O)C1(C2=CC=C(Br)CC2)CCOCC1. The van der Waals surface area contributed by atoms with Gasteiger partial charge in [0.15, 0.2) is 0 Å². The first-order valence-electron chi connectivity index (χ1n) is 6.50. The lowest BCUT2D eigenvalue weighted by molar-refractivity contribution is -0.158. The fourth-order valence-electron chi connectivity index (χ4n) is 2.66. The topological polar surface area (TPSA) is 35.5 Å². The molecule has 18 heavy (non-hydrogen) atoms. The summed E-state index contributed by atoms with van der Waals surface area (Å²) in [4.78, 5) is 12.3. The van der Waals surface area contributed by atoms with Gasteiger partial charge in [0.05, 0.1) is 12.0 Å². The highest BCUT2D eigenvalue weighted by atomic mass is 79.9. The minimum Gasteiger partial charge on any atom is -0.465 e. The maximum atomic E-state index is 12.3. The molecular weight excluding hydrogens is 296 g/mol. The number of esters is 1. The van der Waals surface area contributed by atoms with Gasteiger partial charge in [-0.1, -0.05) is 33.7 Å². The van der Waals surface area contributed by atoms with Gasteiger partial charge in [-0.05, 0) is 37.1 Å². The van der Waals surface area contributed by atoms with E-state index in [9.17, 15) is 4.79 Å². The lowest BCUT2D eigenvalue weighted by atomic mass is 9.71. The smallest absolute Gasteiger partial charge is 0.316 e. The van der Waals surface area contributed by atoms with Gasteiger partial charge in [0, 0.05) is 13.2 Å². The molecule has 0 spiro atoms. The van der Waals surface area contributed by atoms with Crippen LogP contribution in [-0.2, 0) is 14.3 Å². The first-order valence-corrected chi connectivity index (χ1v) is 7.29. The number of allylic oxidation sites excluding steroid dienone is 3. The molecule has 1 aliphatic carbocycles. The molecule has 0 radical (unpaired) electrons. The second-order valence-corrected chi connectivity index (χ2v) is 5.74. The molecule has 3 nitrogen and oxygen atoms in total. The van der Waals surface area contributed by atoms with Crippen molar-refractivity contribution in [2.75, 3.05) is 19.8 Å². The van der Waals surface area contributed by atoms with Gasteiger partial charge >= 0.3 is 5.97 Å². The Balaban J connectivity index is 2.27. The Labute approximate surface area is 116 Å². The van der Waals surface area contributed by atoms with Crippen LogP contribution in [0.15, 0.2) is 22.2 Å². The molecule has 1 aliphatic heterocycles. The van der Waals surface area contributed by atoms with E-state index in [1.165, 1.54) is 10.1 Å². The molecule has 100 valence electrons. The highest BCUT2D eigenvalue weighted by molar-refractivity contribution is 9.11. The summed E-state index contributed by atoms with van der Waals surface area (Å²) in [5.41, 5.74) is 0.755. The zero-order chi connectivity index (χ0) is 13.0. The summed E-state index contributed by atoms with van der Waals surface area (Å²) in [6.45, 7) is 3.58. The van der Waals surface area contributed by atoms with E-state index in [0.29, 0.717) is 19.8 Å². The molecule has 0 aromatic heterocycles. The Kier molecular flexibility index (Phi) is 4.62. The van der Waals surface area contributed by atoms with Crippen LogP contribution in [0.3, 0.4) is 0 Å². The van der Waals surface area contributed by atoms with Crippen molar-refractivity contribution >= 4 is 21.9 Å². The minimum absolute atomic E-state index is 0.0778. The summed E-state index contributed by atoms with van der Waals surface area (Å²) < 4.78 is 11.9. The zero-order valence-electron chi connectivity index (χ0n) is 10.7. The number of ether oxygens (including phenoxy) is 2. The highest BCUT2D eigenvalue weighted by Gasteiger charge is 2.44.